The summed E-state index contributed by atoms with van der Waals surface area (Å²) in [7, 11) is 0. The van der Waals surface area contributed by atoms with E-state index in [1.54, 1.807) is 4.57 Å². The van der Waals surface area contributed by atoms with E-state index >= 15 is 0 Å². The quantitative estimate of drug-likeness (QED) is 0.362. The molecule has 2 aromatic heterocycles. The lowest BCUT2D eigenvalue weighted by Gasteiger charge is -2.14. The Balaban J connectivity index is 1.32. The van der Waals surface area contributed by atoms with Crippen molar-refractivity contribution in [2.24, 2.45) is 0 Å². The van der Waals surface area contributed by atoms with Crippen LogP contribution in [0, 0.1) is 0 Å². The van der Waals surface area contributed by atoms with Crippen LogP contribution >= 0.6 is 0 Å². The third-order valence-electron chi connectivity index (χ3n) is 6.37. The van der Waals surface area contributed by atoms with Gasteiger partial charge in [-0.05, 0) is 66.6 Å². The van der Waals surface area contributed by atoms with E-state index in [1.165, 1.54) is 18.4 Å². The second-order valence-electron chi connectivity index (χ2n) is 9.22. The molecule has 0 amide bonds. The lowest BCUT2D eigenvalue weighted by molar-refractivity contribution is 0.300. The zero-order valence-electron chi connectivity index (χ0n) is 19.9. The monoisotopic (exact) mass is 484 g/mol. The molecule has 9 nitrogen and oxygen atoms in total. The van der Waals surface area contributed by atoms with Gasteiger partial charge >= 0.3 is 6.01 Å². The van der Waals surface area contributed by atoms with Crippen molar-refractivity contribution in [3.05, 3.63) is 71.3 Å². The number of imidazole rings is 1. The van der Waals surface area contributed by atoms with Gasteiger partial charge in [0, 0.05) is 12.6 Å². The largest absolute Gasteiger partial charge is 0.480 e. The Morgan fingerprint density at radius 2 is 2.03 bits per heavy atom. The molecular formula is C27H28N6O3. The average molecular weight is 485 g/mol. The van der Waals surface area contributed by atoms with Crippen molar-refractivity contribution >= 4 is 17.0 Å². The van der Waals surface area contributed by atoms with Gasteiger partial charge in [-0.25, -0.2) is 0 Å². The van der Waals surface area contributed by atoms with E-state index in [9.17, 15) is 5.11 Å². The molecular weight excluding hydrogens is 456 g/mol. The van der Waals surface area contributed by atoms with Crippen molar-refractivity contribution in [1.82, 2.24) is 24.8 Å². The number of hydrogen-bond donors (Lipinski definition) is 3. The second kappa shape index (κ2) is 9.50. The maximum absolute atomic E-state index is 10.5. The maximum Gasteiger partial charge on any atom is 0.320 e. The summed E-state index contributed by atoms with van der Waals surface area (Å²) in [6, 6.07) is 14.9. The Morgan fingerprint density at radius 1 is 1.11 bits per heavy atom. The Kier molecular flexibility index (Phi) is 5.90. The Labute approximate surface area is 208 Å². The number of benzene rings is 2. The molecule has 9 heteroatoms. The summed E-state index contributed by atoms with van der Waals surface area (Å²) >= 11 is 0. The van der Waals surface area contributed by atoms with Crippen molar-refractivity contribution in [3.63, 3.8) is 0 Å². The molecule has 0 unspecified atom stereocenters. The van der Waals surface area contributed by atoms with Gasteiger partial charge in [-0.3, -0.25) is 4.57 Å². The molecule has 6 rings (SSSR count). The molecule has 1 aliphatic carbocycles. The lowest BCUT2D eigenvalue weighted by atomic mass is 10.1. The van der Waals surface area contributed by atoms with Crippen LogP contribution in [0.1, 0.15) is 36.0 Å². The smallest absolute Gasteiger partial charge is 0.320 e. The number of ether oxygens (including phenoxy) is 2. The molecule has 1 fully saturated rings. The number of aromatic nitrogens is 4. The average Bonchev–Trinajstić information content (AvgIpc) is 3.65. The van der Waals surface area contributed by atoms with Crippen LogP contribution < -0.4 is 20.5 Å². The van der Waals surface area contributed by atoms with Gasteiger partial charge in [0.05, 0.1) is 13.2 Å². The normalized spacial score (nSPS) is 16.4. The van der Waals surface area contributed by atoms with E-state index in [-0.39, 0.29) is 17.8 Å². The van der Waals surface area contributed by atoms with E-state index in [2.05, 4.69) is 50.6 Å². The Morgan fingerprint density at radius 3 is 2.92 bits per heavy atom. The van der Waals surface area contributed by atoms with E-state index in [0.717, 1.165) is 29.2 Å². The van der Waals surface area contributed by atoms with Crippen molar-refractivity contribution in [3.8, 4) is 23.5 Å². The summed E-state index contributed by atoms with van der Waals surface area (Å²) in [5, 5.41) is 14.1. The van der Waals surface area contributed by atoms with E-state index in [0.29, 0.717) is 43.2 Å². The minimum Gasteiger partial charge on any atom is -0.480 e. The zero-order valence-corrected chi connectivity index (χ0v) is 19.9. The molecule has 0 spiro atoms. The summed E-state index contributed by atoms with van der Waals surface area (Å²) in [5.74, 6) is 1.78. The number of nitrogens with one attached hydrogen (secondary N) is 1. The number of allylic oxidation sites excluding steroid dienone is 1. The first-order valence-corrected chi connectivity index (χ1v) is 12.2. The van der Waals surface area contributed by atoms with Crippen LogP contribution in [0.25, 0.3) is 11.2 Å². The van der Waals surface area contributed by atoms with Crippen LogP contribution in [-0.4, -0.2) is 37.3 Å². The van der Waals surface area contributed by atoms with E-state index < -0.39 is 0 Å². The van der Waals surface area contributed by atoms with Crippen LogP contribution in [0.5, 0.6) is 23.5 Å². The van der Waals surface area contributed by atoms with Crippen molar-refractivity contribution < 1.29 is 14.6 Å². The van der Waals surface area contributed by atoms with Gasteiger partial charge < -0.3 is 25.6 Å². The lowest BCUT2D eigenvalue weighted by Crippen LogP contribution is -2.15. The Bertz CT molecular complexity index is 1440. The molecule has 2 aliphatic rings. The Hall–Kier alpha value is -4.11. The van der Waals surface area contributed by atoms with Crippen molar-refractivity contribution in [2.45, 2.75) is 44.8 Å². The van der Waals surface area contributed by atoms with Gasteiger partial charge in [0.25, 0.3) is 6.01 Å². The SMILES string of the molecule is Nc1nc2nc3c1nc(O)n3Cc1ccc(Oc3cccc(CNC4CC4)c3)c(c1)C/C=C\CCO2. The van der Waals surface area contributed by atoms with Crippen LogP contribution in [0.3, 0.4) is 0 Å². The minimum absolute atomic E-state index is 0.172. The number of nitrogens with zero attached hydrogens (tertiary/aromatic N) is 4. The summed E-state index contributed by atoms with van der Waals surface area (Å²) in [6.45, 7) is 1.61. The molecule has 4 bridgehead atoms. The number of nitrogens with two attached hydrogens (primary N) is 1. The van der Waals surface area contributed by atoms with Gasteiger partial charge in [0.15, 0.2) is 17.0 Å². The third-order valence-corrected chi connectivity index (χ3v) is 6.37. The predicted molar refractivity (Wildman–Crippen MR) is 136 cm³/mol. The van der Waals surface area contributed by atoms with Gasteiger partial charge in [-0.1, -0.05) is 30.4 Å². The highest BCUT2D eigenvalue weighted by Gasteiger charge is 2.20. The molecule has 0 saturated heterocycles. The molecule has 0 atom stereocenters. The molecule has 1 aliphatic heterocycles. The second-order valence-corrected chi connectivity index (χ2v) is 9.22. The molecule has 36 heavy (non-hydrogen) atoms. The summed E-state index contributed by atoms with van der Waals surface area (Å²) < 4.78 is 13.7. The van der Waals surface area contributed by atoms with Gasteiger partial charge in [-0.15, -0.1) is 0 Å². The van der Waals surface area contributed by atoms with Gasteiger partial charge in [0.1, 0.15) is 11.5 Å². The van der Waals surface area contributed by atoms with Gasteiger partial charge in [-0.2, -0.15) is 15.0 Å². The topological polar surface area (TPSA) is 120 Å². The van der Waals surface area contributed by atoms with Crippen LogP contribution in [0.2, 0.25) is 0 Å². The maximum atomic E-state index is 10.5. The molecule has 2 aromatic carbocycles. The number of anilines is 1. The first-order valence-electron chi connectivity index (χ1n) is 12.2. The number of fused-ring (bicyclic) bond motifs is 3. The molecule has 4 N–H and O–H groups in total. The van der Waals surface area contributed by atoms with Crippen LogP contribution in [0.4, 0.5) is 5.82 Å². The molecule has 1 saturated carbocycles. The zero-order chi connectivity index (χ0) is 24.5. The first-order chi connectivity index (χ1) is 17.6. The summed E-state index contributed by atoms with van der Waals surface area (Å²) in [4.78, 5) is 12.8. The highest BCUT2D eigenvalue weighted by molar-refractivity contribution is 5.83. The minimum atomic E-state index is -0.173. The van der Waals surface area contributed by atoms with E-state index in [1.807, 2.05) is 24.3 Å². The highest BCUT2D eigenvalue weighted by atomic mass is 16.5. The molecule has 3 heterocycles. The number of rotatable bonds is 5. The number of aromatic hydroxyl groups is 1. The predicted octanol–water partition coefficient (Wildman–Crippen LogP) is 4.09. The molecule has 184 valence electrons. The third kappa shape index (κ3) is 4.83. The number of nitrogen functional groups attached to an aromatic ring is 1. The van der Waals surface area contributed by atoms with Crippen LogP contribution in [0.15, 0.2) is 54.6 Å². The fraction of sp³-hybridized carbons (Fsp3) is 0.296. The summed E-state index contributed by atoms with van der Waals surface area (Å²) in [5.41, 5.74) is 10.1. The fourth-order valence-electron chi connectivity index (χ4n) is 4.31. The molecule has 0 radical (unpaired) electrons. The van der Waals surface area contributed by atoms with Crippen LogP contribution in [-0.2, 0) is 19.5 Å². The first kappa shape index (κ1) is 22.4. The molecule has 4 aromatic rings. The number of hydrogen-bond acceptors (Lipinski definition) is 8. The van der Waals surface area contributed by atoms with Crippen molar-refractivity contribution in [1.29, 1.82) is 0 Å². The van der Waals surface area contributed by atoms with Crippen molar-refractivity contribution in [2.75, 3.05) is 12.3 Å². The summed E-state index contributed by atoms with van der Waals surface area (Å²) in [6.07, 6.45) is 8.10. The standard InChI is InChI=1S/C27H28N6O3/c28-24-23-25-32-26(31-24)35-12-3-1-2-6-19-13-18(16-33(25)27(34)30-23)8-11-22(19)36-21-7-4-5-17(14-21)15-29-20-9-10-20/h1-2,4-5,7-8,11,13-14,20,29H,3,6,9-10,12,15-16H2,(H,30,34)(H2,28,31,32)/b2-1-. The van der Waals surface area contributed by atoms with Gasteiger partial charge in [0.2, 0.25) is 0 Å². The van der Waals surface area contributed by atoms with E-state index in [4.69, 9.17) is 15.2 Å². The highest BCUT2D eigenvalue weighted by Crippen LogP contribution is 2.30. The fourth-order valence-corrected chi connectivity index (χ4v) is 4.31.